The predicted octanol–water partition coefficient (Wildman–Crippen LogP) is 0.448. The Bertz CT molecular complexity index is 779. The first-order valence-electron chi connectivity index (χ1n) is 8.03. The zero-order chi connectivity index (χ0) is 19.3. The van der Waals surface area contributed by atoms with E-state index in [1.807, 2.05) is 0 Å². The molecule has 0 unspecified atom stereocenters. The van der Waals surface area contributed by atoms with Crippen molar-refractivity contribution in [2.45, 2.75) is 30.2 Å². The molecule has 1 fully saturated rings. The molecular formula is C16H22N2O7S. The van der Waals surface area contributed by atoms with Gasteiger partial charge in [-0.25, -0.2) is 8.42 Å². The summed E-state index contributed by atoms with van der Waals surface area (Å²) < 4.78 is 38.1. The van der Waals surface area contributed by atoms with E-state index in [0.717, 1.165) is 4.90 Å². The maximum Gasteiger partial charge on any atom is 0.323 e. The molecule has 0 saturated carbocycles. The van der Waals surface area contributed by atoms with Crippen LogP contribution in [0.25, 0.3) is 0 Å². The summed E-state index contributed by atoms with van der Waals surface area (Å²) in [6.45, 7) is -0.175. The lowest BCUT2D eigenvalue weighted by Crippen LogP contribution is -2.48. The first-order valence-corrected chi connectivity index (χ1v) is 9.51. The van der Waals surface area contributed by atoms with Crippen molar-refractivity contribution >= 4 is 21.9 Å². The summed E-state index contributed by atoms with van der Waals surface area (Å²) in [6.07, 6.45) is 1.50. The van der Waals surface area contributed by atoms with E-state index < -0.39 is 34.5 Å². The Balaban J connectivity index is 2.30. The SMILES string of the molecule is COc1ccc(OC)c(S(=O)(=O)N[C@H]2CCCCN(CC(=O)O)C2=O)c1. The van der Waals surface area contributed by atoms with Crippen LogP contribution in [0.3, 0.4) is 0 Å². The largest absolute Gasteiger partial charge is 0.497 e. The first kappa shape index (κ1) is 20.0. The zero-order valence-electron chi connectivity index (χ0n) is 14.6. The number of sulfonamides is 1. The van der Waals surface area contributed by atoms with Gasteiger partial charge in [-0.05, 0) is 31.4 Å². The second-order valence-electron chi connectivity index (χ2n) is 5.84. The number of benzene rings is 1. The van der Waals surface area contributed by atoms with Crippen LogP contribution in [0, 0.1) is 0 Å². The van der Waals surface area contributed by atoms with Gasteiger partial charge in [-0.2, -0.15) is 4.72 Å². The standard InChI is InChI=1S/C16H22N2O7S/c1-24-11-6-7-13(25-2)14(9-11)26(22,23)17-12-5-3-4-8-18(16(12)21)10-15(19)20/h6-7,9,12,17H,3-5,8,10H2,1-2H3,(H,19,20)/t12-/m0/s1. The minimum Gasteiger partial charge on any atom is -0.497 e. The van der Waals surface area contributed by atoms with Gasteiger partial charge in [0.2, 0.25) is 15.9 Å². The fourth-order valence-corrected chi connectivity index (χ4v) is 4.19. The van der Waals surface area contributed by atoms with E-state index in [0.29, 0.717) is 25.0 Å². The normalized spacial score (nSPS) is 18.3. The van der Waals surface area contributed by atoms with E-state index in [9.17, 15) is 18.0 Å². The quantitative estimate of drug-likeness (QED) is 0.697. The molecule has 1 aromatic carbocycles. The highest BCUT2D eigenvalue weighted by Crippen LogP contribution is 2.28. The van der Waals surface area contributed by atoms with Gasteiger partial charge < -0.3 is 19.5 Å². The Hall–Kier alpha value is -2.33. The highest BCUT2D eigenvalue weighted by atomic mass is 32.2. The van der Waals surface area contributed by atoms with Crippen molar-refractivity contribution in [1.29, 1.82) is 0 Å². The molecule has 0 bridgehead atoms. The lowest BCUT2D eigenvalue weighted by molar-refractivity contribution is -0.144. The number of amides is 1. The topological polar surface area (TPSA) is 122 Å². The van der Waals surface area contributed by atoms with Gasteiger partial charge in [0.05, 0.1) is 14.2 Å². The maximum atomic E-state index is 12.8. The number of ether oxygens (including phenoxy) is 2. The number of likely N-dealkylation sites (tertiary alicyclic amines) is 1. The fourth-order valence-electron chi connectivity index (χ4n) is 2.78. The third-order valence-corrected chi connectivity index (χ3v) is 5.56. The third-order valence-electron chi connectivity index (χ3n) is 4.06. The van der Waals surface area contributed by atoms with Crippen molar-refractivity contribution in [3.63, 3.8) is 0 Å². The molecule has 2 N–H and O–H groups in total. The summed E-state index contributed by atoms with van der Waals surface area (Å²) in [5, 5.41) is 8.94. The molecule has 10 heteroatoms. The van der Waals surface area contributed by atoms with Crippen LogP contribution in [-0.2, 0) is 19.6 Å². The minimum atomic E-state index is -4.09. The van der Waals surface area contributed by atoms with Crippen LogP contribution >= 0.6 is 0 Å². The summed E-state index contributed by atoms with van der Waals surface area (Å²) in [5.41, 5.74) is 0. The van der Waals surface area contributed by atoms with E-state index in [2.05, 4.69) is 4.72 Å². The van der Waals surface area contributed by atoms with Gasteiger partial charge >= 0.3 is 5.97 Å². The number of rotatable bonds is 7. The molecule has 1 aromatic rings. The predicted molar refractivity (Wildman–Crippen MR) is 91.7 cm³/mol. The number of hydrogen-bond donors (Lipinski definition) is 2. The number of carboxylic acid groups (broad SMARTS) is 1. The minimum absolute atomic E-state index is 0.113. The number of methoxy groups -OCH3 is 2. The van der Waals surface area contributed by atoms with E-state index in [1.165, 1.54) is 26.4 Å². The molecule has 0 radical (unpaired) electrons. The van der Waals surface area contributed by atoms with E-state index >= 15 is 0 Å². The van der Waals surface area contributed by atoms with Gasteiger partial charge in [0, 0.05) is 12.6 Å². The van der Waals surface area contributed by atoms with Crippen molar-refractivity contribution in [1.82, 2.24) is 9.62 Å². The number of carboxylic acids is 1. The smallest absolute Gasteiger partial charge is 0.323 e. The average molecular weight is 386 g/mol. The maximum absolute atomic E-state index is 12.8. The molecule has 2 rings (SSSR count). The number of nitrogens with one attached hydrogen (secondary N) is 1. The monoisotopic (exact) mass is 386 g/mol. The van der Waals surface area contributed by atoms with Crippen LogP contribution in [0.4, 0.5) is 0 Å². The molecule has 1 amide bonds. The van der Waals surface area contributed by atoms with Crippen LogP contribution in [0.1, 0.15) is 19.3 Å². The van der Waals surface area contributed by atoms with Gasteiger partial charge in [0.15, 0.2) is 0 Å². The van der Waals surface area contributed by atoms with Crippen molar-refractivity contribution in [2.24, 2.45) is 0 Å². The summed E-state index contributed by atoms with van der Waals surface area (Å²) in [6, 6.07) is 3.29. The number of carbonyl (C=O) groups is 2. The Labute approximate surface area is 151 Å². The van der Waals surface area contributed by atoms with Gasteiger partial charge in [-0.3, -0.25) is 9.59 Å². The molecule has 1 aliphatic heterocycles. The van der Waals surface area contributed by atoms with E-state index in [4.69, 9.17) is 14.6 Å². The van der Waals surface area contributed by atoms with Crippen LogP contribution in [0.15, 0.2) is 23.1 Å². The summed E-state index contributed by atoms with van der Waals surface area (Å²) in [7, 11) is -1.34. The number of hydrogen-bond acceptors (Lipinski definition) is 6. The summed E-state index contributed by atoms with van der Waals surface area (Å²) in [5.74, 6) is -1.25. The van der Waals surface area contributed by atoms with E-state index in [1.54, 1.807) is 6.07 Å². The van der Waals surface area contributed by atoms with Crippen LogP contribution < -0.4 is 14.2 Å². The lowest BCUT2D eigenvalue weighted by Gasteiger charge is -2.23. The summed E-state index contributed by atoms with van der Waals surface area (Å²) in [4.78, 5) is 24.5. The van der Waals surface area contributed by atoms with Gasteiger partial charge in [0.25, 0.3) is 0 Å². The Kier molecular flexibility index (Phi) is 6.43. The lowest BCUT2D eigenvalue weighted by atomic mass is 10.1. The Morgan fingerprint density at radius 2 is 2.04 bits per heavy atom. The molecule has 9 nitrogen and oxygen atoms in total. The van der Waals surface area contributed by atoms with Crippen LogP contribution in [-0.4, -0.2) is 63.7 Å². The average Bonchev–Trinajstić information content (AvgIpc) is 2.76. The second kappa shape index (κ2) is 8.37. The highest BCUT2D eigenvalue weighted by molar-refractivity contribution is 7.89. The molecule has 0 aliphatic carbocycles. The Morgan fingerprint density at radius 1 is 1.31 bits per heavy atom. The van der Waals surface area contributed by atoms with Crippen LogP contribution in [0.5, 0.6) is 11.5 Å². The number of aliphatic carboxylic acids is 1. The molecule has 1 atom stereocenters. The van der Waals surface area contributed by atoms with Crippen molar-refractivity contribution in [3.8, 4) is 11.5 Å². The van der Waals surface area contributed by atoms with Crippen molar-refractivity contribution in [3.05, 3.63) is 18.2 Å². The van der Waals surface area contributed by atoms with Gasteiger partial charge in [-0.1, -0.05) is 0 Å². The second-order valence-corrected chi connectivity index (χ2v) is 7.52. The highest BCUT2D eigenvalue weighted by Gasteiger charge is 2.33. The molecule has 0 aromatic heterocycles. The molecule has 26 heavy (non-hydrogen) atoms. The molecule has 0 spiro atoms. The van der Waals surface area contributed by atoms with Gasteiger partial charge in [-0.15, -0.1) is 0 Å². The third kappa shape index (κ3) is 4.64. The molecule has 1 aliphatic rings. The van der Waals surface area contributed by atoms with E-state index in [-0.39, 0.29) is 17.2 Å². The van der Waals surface area contributed by atoms with Gasteiger partial charge in [0.1, 0.15) is 29.0 Å². The first-order chi connectivity index (χ1) is 12.3. The Morgan fingerprint density at radius 3 is 2.65 bits per heavy atom. The van der Waals surface area contributed by atoms with Crippen molar-refractivity contribution < 1.29 is 32.6 Å². The van der Waals surface area contributed by atoms with Crippen LogP contribution in [0.2, 0.25) is 0 Å². The molecule has 144 valence electrons. The zero-order valence-corrected chi connectivity index (χ0v) is 15.4. The summed E-state index contributed by atoms with van der Waals surface area (Å²) >= 11 is 0. The molecular weight excluding hydrogens is 364 g/mol. The number of carbonyl (C=O) groups excluding carboxylic acids is 1. The number of nitrogens with zero attached hydrogens (tertiary/aromatic N) is 1. The fraction of sp³-hybridized carbons (Fsp3) is 0.500. The molecule has 1 heterocycles. The van der Waals surface area contributed by atoms with Crippen molar-refractivity contribution in [2.75, 3.05) is 27.3 Å². The molecule has 1 saturated heterocycles.